The van der Waals surface area contributed by atoms with Crippen LogP contribution in [0.25, 0.3) is 11.2 Å². The van der Waals surface area contributed by atoms with Gasteiger partial charge in [-0.2, -0.15) is 0 Å². The fourth-order valence-electron chi connectivity index (χ4n) is 2.20. The average Bonchev–Trinajstić information content (AvgIpc) is 2.83. The normalized spacial score (nSPS) is 14.7. The lowest BCUT2D eigenvalue weighted by Crippen LogP contribution is -2.21. The number of nitrogens with two attached hydrogens (primary N) is 1. The molecule has 2 rings (SSSR count). The van der Waals surface area contributed by atoms with Gasteiger partial charge in [0.15, 0.2) is 11.5 Å². The number of imidazole rings is 1. The van der Waals surface area contributed by atoms with Gasteiger partial charge in [-0.25, -0.2) is 15.0 Å². The van der Waals surface area contributed by atoms with E-state index in [1.165, 1.54) is 6.33 Å². The average molecular weight is 263 g/mol. The summed E-state index contributed by atoms with van der Waals surface area (Å²) < 4.78 is 1.87. The van der Waals surface area contributed by atoms with E-state index in [-0.39, 0.29) is 6.04 Å². The lowest BCUT2D eigenvalue weighted by atomic mass is 10.1. The van der Waals surface area contributed by atoms with E-state index >= 15 is 0 Å². The summed E-state index contributed by atoms with van der Waals surface area (Å²) in [6.07, 6.45) is 6.80. The van der Waals surface area contributed by atoms with Gasteiger partial charge in [-0.05, 0) is 13.3 Å². The summed E-state index contributed by atoms with van der Waals surface area (Å²) in [6, 6.07) is -0.0730. The van der Waals surface area contributed by atoms with Gasteiger partial charge in [-0.1, -0.05) is 26.2 Å². The van der Waals surface area contributed by atoms with Crippen molar-refractivity contribution in [3.8, 4) is 0 Å². The third-order valence-electron chi connectivity index (χ3n) is 3.49. The second kappa shape index (κ2) is 5.97. The van der Waals surface area contributed by atoms with Crippen molar-refractivity contribution in [1.29, 1.82) is 0 Å². The van der Waals surface area contributed by atoms with E-state index in [1.807, 2.05) is 11.5 Å². The largest absolute Gasteiger partial charge is 0.391 e. The molecule has 0 aliphatic carbocycles. The van der Waals surface area contributed by atoms with E-state index < -0.39 is 6.10 Å². The first-order chi connectivity index (χ1) is 9.15. The van der Waals surface area contributed by atoms with Crippen molar-refractivity contribution < 1.29 is 5.11 Å². The smallest absolute Gasteiger partial charge is 0.165 e. The Balaban J connectivity index is 2.17. The zero-order valence-corrected chi connectivity index (χ0v) is 11.5. The minimum atomic E-state index is -0.403. The molecule has 2 aromatic heterocycles. The van der Waals surface area contributed by atoms with Crippen molar-refractivity contribution in [3.63, 3.8) is 0 Å². The SMILES string of the molecule is CCCCC[C@H](O)[C@@H](C)n1cnc2c(N)ncnc21. The van der Waals surface area contributed by atoms with Gasteiger partial charge in [-0.3, -0.25) is 0 Å². The Morgan fingerprint density at radius 2 is 2.11 bits per heavy atom. The number of nitrogens with zero attached hydrogens (tertiary/aromatic N) is 4. The van der Waals surface area contributed by atoms with Gasteiger partial charge in [-0.15, -0.1) is 0 Å². The van der Waals surface area contributed by atoms with Crippen LogP contribution < -0.4 is 5.73 Å². The zero-order chi connectivity index (χ0) is 13.8. The molecule has 0 aliphatic rings. The van der Waals surface area contributed by atoms with Gasteiger partial charge in [0, 0.05) is 0 Å². The predicted molar refractivity (Wildman–Crippen MR) is 74.6 cm³/mol. The van der Waals surface area contributed by atoms with Gasteiger partial charge in [0.25, 0.3) is 0 Å². The molecular formula is C13H21N5O. The molecule has 3 N–H and O–H groups in total. The van der Waals surface area contributed by atoms with Crippen LogP contribution in [0.3, 0.4) is 0 Å². The third-order valence-corrected chi connectivity index (χ3v) is 3.49. The highest BCUT2D eigenvalue weighted by molar-refractivity contribution is 5.81. The van der Waals surface area contributed by atoms with Crippen molar-refractivity contribution in [2.24, 2.45) is 0 Å². The molecule has 0 fully saturated rings. The van der Waals surface area contributed by atoms with E-state index in [0.29, 0.717) is 17.0 Å². The molecule has 0 radical (unpaired) electrons. The van der Waals surface area contributed by atoms with Crippen molar-refractivity contribution in [1.82, 2.24) is 19.5 Å². The summed E-state index contributed by atoms with van der Waals surface area (Å²) >= 11 is 0. The molecule has 0 saturated heterocycles. The van der Waals surface area contributed by atoms with Crippen molar-refractivity contribution in [2.75, 3.05) is 5.73 Å². The van der Waals surface area contributed by atoms with Gasteiger partial charge in [0.1, 0.15) is 11.8 Å². The minimum Gasteiger partial charge on any atom is -0.391 e. The van der Waals surface area contributed by atoms with E-state index in [2.05, 4.69) is 21.9 Å². The van der Waals surface area contributed by atoms with Gasteiger partial charge in [0.2, 0.25) is 0 Å². The molecule has 0 unspecified atom stereocenters. The van der Waals surface area contributed by atoms with Crippen LogP contribution in [0, 0.1) is 0 Å². The number of nitrogen functional groups attached to an aromatic ring is 1. The number of aliphatic hydroxyl groups is 1. The van der Waals surface area contributed by atoms with Crippen molar-refractivity contribution >= 4 is 17.0 Å². The summed E-state index contributed by atoms with van der Waals surface area (Å²) in [7, 11) is 0. The standard InChI is InChI=1S/C13H21N5O/c1-3-4-5-6-10(19)9(2)18-8-17-11-12(14)15-7-16-13(11)18/h7-10,19H,3-6H2,1-2H3,(H2,14,15,16)/t9-,10+/m1/s1. The lowest BCUT2D eigenvalue weighted by Gasteiger charge is -2.20. The van der Waals surface area contributed by atoms with Crippen LogP contribution >= 0.6 is 0 Å². The molecule has 104 valence electrons. The minimum absolute atomic E-state index is 0.0730. The number of fused-ring (bicyclic) bond motifs is 1. The fourth-order valence-corrected chi connectivity index (χ4v) is 2.20. The second-order valence-electron chi connectivity index (χ2n) is 4.89. The summed E-state index contributed by atoms with van der Waals surface area (Å²) in [4.78, 5) is 12.3. The van der Waals surface area contributed by atoms with E-state index in [0.717, 1.165) is 25.7 Å². The summed E-state index contributed by atoms with van der Waals surface area (Å²) in [6.45, 7) is 4.12. The Labute approximate surface area is 112 Å². The molecule has 2 aromatic rings. The first-order valence-corrected chi connectivity index (χ1v) is 6.76. The molecular weight excluding hydrogens is 242 g/mol. The highest BCUT2D eigenvalue weighted by Crippen LogP contribution is 2.22. The first kappa shape index (κ1) is 13.7. The number of aromatic nitrogens is 4. The molecule has 0 bridgehead atoms. The number of anilines is 1. The number of aliphatic hydroxyl groups excluding tert-OH is 1. The molecule has 6 nitrogen and oxygen atoms in total. The molecule has 0 saturated carbocycles. The highest BCUT2D eigenvalue weighted by atomic mass is 16.3. The fraction of sp³-hybridized carbons (Fsp3) is 0.615. The molecule has 0 aromatic carbocycles. The van der Waals surface area contributed by atoms with Crippen LogP contribution in [-0.4, -0.2) is 30.7 Å². The number of hydrogen-bond donors (Lipinski definition) is 2. The van der Waals surface area contributed by atoms with Crippen LogP contribution in [0.5, 0.6) is 0 Å². The van der Waals surface area contributed by atoms with Crippen LogP contribution in [0.1, 0.15) is 45.6 Å². The maximum Gasteiger partial charge on any atom is 0.165 e. The van der Waals surface area contributed by atoms with Crippen molar-refractivity contribution in [2.45, 2.75) is 51.7 Å². The first-order valence-electron chi connectivity index (χ1n) is 6.76. The highest BCUT2D eigenvalue weighted by Gasteiger charge is 2.19. The monoisotopic (exact) mass is 263 g/mol. The summed E-state index contributed by atoms with van der Waals surface area (Å²) in [5.74, 6) is 0.372. The van der Waals surface area contributed by atoms with Crippen LogP contribution in [-0.2, 0) is 0 Å². The molecule has 6 heteroatoms. The number of unbranched alkanes of at least 4 members (excludes halogenated alkanes) is 2. The van der Waals surface area contributed by atoms with E-state index in [9.17, 15) is 5.11 Å². The second-order valence-corrected chi connectivity index (χ2v) is 4.89. The van der Waals surface area contributed by atoms with Gasteiger partial charge in [0.05, 0.1) is 18.5 Å². The Kier molecular flexibility index (Phi) is 4.31. The van der Waals surface area contributed by atoms with Crippen LogP contribution in [0.4, 0.5) is 5.82 Å². The van der Waals surface area contributed by atoms with Crippen LogP contribution in [0.15, 0.2) is 12.7 Å². The Bertz CT molecular complexity index is 539. The molecule has 2 heterocycles. The van der Waals surface area contributed by atoms with E-state index in [1.54, 1.807) is 6.33 Å². The Morgan fingerprint density at radius 1 is 1.32 bits per heavy atom. The number of rotatable bonds is 6. The zero-order valence-electron chi connectivity index (χ0n) is 11.5. The number of hydrogen-bond acceptors (Lipinski definition) is 5. The Hall–Kier alpha value is -1.69. The third kappa shape index (κ3) is 2.84. The topological polar surface area (TPSA) is 89.8 Å². The van der Waals surface area contributed by atoms with Gasteiger partial charge >= 0.3 is 0 Å². The summed E-state index contributed by atoms with van der Waals surface area (Å²) in [5, 5.41) is 10.2. The maximum atomic E-state index is 10.2. The van der Waals surface area contributed by atoms with Crippen LogP contribution in [0.2, 0.25) is 0 Å². The molecule has 2 atom stereocenters. The maximum absolute atomic E-state index is 10.2. The molecule has 0 aliphatic heterocycles. The predicted octanol–water partition coefficient (Wildman–Crippen LogP) is 1.91. The molecule has 0 spiro atoms. The summed E-state index contributed by atoms with van der Waals surface area (Å²) in [5.41, 5.74) is 7.02. The Morgan fingerprint density at radius 3 is 2.84 bits per heavy atom. The van der Waals surface area contributed by atoms with Crippen molar-refractivity contribution in [3.05, 3.63) is 12.7 Å². The van der Waals surface area contributed by atoms with E-state index in [4.69, 9.17) is 5.73 Å². The quantitative estimate of drug-likeness (QED) is 0.777. The van der Waals surface area contributed by atoms with Gasteiger partial charge < -0.3 is 15.4 Å². The molecule has 19 heavy (non-hydrogen) atoms. The molecule has 0 amide bonds. The lowest BCUT2D eigenvalue weighted by molar-refractivity contribution is 0.110.